The van der Waals surface area contributed by atoms with E-state index in [4.69, 9.17) is 4.52 Å². The molecule has 2 aromatic rings. The summed E-state index contributed by atoms with van der Waals surface area (Å²) in [7, 11) is 0. The summed E-state index contributed by atoms with van der Waals surface area (Å²) >= 11 is 0. The Bertz CT molecular complexity index is 838. The normalized spacial score (nSPS) is 13.8. The second kappa shape index (κ2) is 15.4. The molecule has 1 aromatic carbocycles. The van der Waals surface area contributed by atoms with E-state index in [1.807, 2.05) is 31.2 Å². The lowest BCUT2D eigenvalue weighted by Gasteiger charge is -2.21. The van der Waals surface area contributed by atoms with E-state index in [1.54, 1.807) is 0 Å². The third-order valence-corrected chi connectivity index (χ3v) is 6.39. The molecule has 0 saturated carbocycles. The predicted octanol–water partition coefficient (Wildman–Crippen LogP) is 7.25. The Kier molecular flexibility index (Phi) is 12.5. The fraction of sp³-hybridized carbons (Fsp3) is 0.667. The van der Waals surface area contributed by atoms with Gasteiger partial charge >= 0.3 is 12.0 Å². The van der Waals surface area contributed by atoms with E-state index in [0.717, 1.165) is 42.7 Å². The first-order valence-corrected chi connectivity index (χ1v) is 13.1. The number of hydrazine groups is 1. The van der Waals surface area contributed by atoms with Crippen LogP contribution in [-0.4, -0.2) is 22.2 Å². The predicted molar refractivity (Wildman–Crippen MR) is 139 cm³/mol. The number of nitrogens with one attached hydrogen (secondary N) is 3. The van der Waals surface area contributed by atoms with Crippen LogP contribution in [0.4, 0.5) is 10.8 Å². The van der Waals surface area contributed by atoms with Gasteiger partial charge in [-0.3, -0.25) is 0 Å². The van der Waals surface area contributed by atoms with Gasteiger partial charge in [0.2, 0.25) is 5.82 Å². The van der Waals surface area contributed by atoms with Crippen LogP contribution in [0.2, 0.25) is 0 Å². The topological polar surface area (TPSA) is 92.1 Å². The lowest BCUT2D eigenvalue weighted by molar-refractivity contribution is 0.235. The van der Waals surface area contributed by atoms with Crippen LogP contribution < -0.4 is 16.2 Å². The summed E-state index contributed by atoms with van der Waals surface area (Å²) in [6.07, 6.45) is 11.7. The molecule has 1 heterocycles. The van der Waals surface area contributed by atoms with Crippen molar-refractivity contribution in [3.05, 3.63) is 29.8 Å². The maximum Gasteiger partial charge on any atom is 0.340 e. The van der Waals surface area contributed by atoms with Crippen molar-refractivity contribution >= 4 is 12.0 Å². The fourth-order valence-corrected chi connectivity index (χ4v) is 4.44. The number of carbonyl (C=O) groups is 1. The molecule has 2 amide bonds. The van der Waals surface area contributed by atoms with E-state index in [0.29, 0.717) is 11.7 Å². The zero-order chi connectivity index (χ0) is 24.8. The molecule has 7 nitrogen and oxygen atoms in total. The monoisotopic (exact) mass is 471 g/mol. The molecule has 3 N–H and O–H groups in total. The Morgan fingerprint density at radius 2 is 1.68 bits per heavy atom. The molecule has 1 aromatic heterocycles. The van der Waals surface area contributed by atoms with Gasteiger partial charge in [0.05, 0.1) is 0 Å². The smallest absolute Gasteiger partial charge is 0.334 e. The summed E-state index contributed by atoms with van der Waals surface area (Å²) in [6, 6.07) is 7.92. The molecule has 0 spiro atoms. The Morgan fingerprint density at radius 1 is 0.971 bits per heavy atom. The van der Waals surface area contributed by atoms with Crippen molar-refractivity contribution in [1.82, 2.24) is 20.9 Å². The molecule has 3 unspecified atom stereocenters. The molecule has 34 heavy (non-hydrogen) atoms. The van der Waals surface area contributed by atoms with Crippen LogP contribution in [0.25, 0.3) is 11.4 Å². The van der Waals surface area contributed by atoms with Crippen LogP contribution in [0.5, 0.6) is 0 Å². The number of hydrogen-bond donors (Lipinski definition) is 3. The first-order chi connectivity index (χ1) is 16.4. The highest BCUT2D eigenvalue weighted by atomic mass is 16.5. The van der Waals surface area contributed by atoms with E-state index in [9.17, 15) is 4.79 Å². The number of carbonyl (C=O) groups excluding carboxylic acids is 1. The Hall–Kier alpha value is -2.57. The molecule has 0 bridgehead atoms. The molecule has 7 heteroatoms. The summed E-state index contributed by atoms with van der Waals surface area (Å²) in [4.78, 5) is 16.9. The quantitative estimate of drug-likeness (QED) is 0.177. The highest BCUT2D eigenvalue weighted by molar-refractivity contribution is 5.75. The van der Waals surface area contributed by atoms with Gasteiger partial charge in [-0.15, -0.1) is 0 Å². The molecule has 0 aliphatic carbocycles. The van der Waals surface area contributed by atoms with Crippen LogP contribution in [0.15, 0.2) is 28.8 Å². The first-order valence-electron chi connectivity index (χ1n) is 13.1. The SMILES string of the molecule is CCCC(C)CCCCC(CCC(C)CCC)NC(=O)NNc1nc(-c2cccc(C)c2)no1. The number of aromatic nitrogens is 2. The second-order valence-electron chi connectivity index (χ2n) is 9.86. The third kappa shape index (κ3) is 10.6. The van der Waals surface area contributed by atoms with Crippen LogP contribution in [0, 0.1) is 18.8 Å². The molecule has 0 aliphatic heterocycles. The van der Waals surface area contributed by atoms with Gasteiger partial charge in [0.1, 0.15) is 0 Å². The van der Waals surface area contributed by atoms with Gasteiger partial charge in [0.25, 0.3) is 0 Å². The number of unbranched alkanes of at least 4 members (excludes halogenated alkanes) is 1. The third-order valence-electron chi connectivity index (χ3n) is 6.39. The summed E-state index contributed by atoms with van der Waals surface area (Å²) in [5.41, 5.74) is 7.37. The van der Waals surface area contributed by atoms with E-state index in [1.165, 1.54) is 38.5 Å². The van der Waals surface area contributed by atoms with E-state index in [-0.39, 0.29) is 18.1 Å². The number of benzene rings is 1. The molecule has 0 aliphatic rings. The standard InChI is InChI=1S/C27H45N5O2/c1-6-11-20(3)13-8-9-16-24(18-17-21(4)12-7-2)28-26(33)30-31-27-29-25(32-34-27)23-15-10-14-22(5)19-23/h10,14-15,19-21,24H,6-9,11-13,16-18H2,1-5H3,(H2,28,30,33)(H,29,31,32). The van der Waals surface area contributed by atoms with Crippen LogP contribution in [0.3, 0.4) is 0 Å². The average molecular weight is 472 g/mol. The van der Waals surface area contributed by atoms with Crippen LogP contribution >= 0.6 is 0 Å². The number of urea groups is 1. The highest BCUT2D eigenvalue weighted by Crippen LogP contribution is 2.20. The molecular weight excluding hydrogens is 426 g/mol. The molecule has 190 valence electrons. The fourth-order valence-electron chi connectivity index (χ4n) is 4.44. The zero-order valence-electron chi connectivity index (χ0n) is 21.8. The largest absolute Gasteiger partial charge is 0.340 e. The van der Waals surface area contributed by atoms with Crippen molar-refractivity contribution < 1.29 is 9.32 Å². The van der Waals surface area contributed by atoms with Gasteiger partial charge in [-0.25, -0.2) is 15.6 Å². The van der Waals surface area contributed by atoms with Crippen molar-refractivity contribution in [1.29, 1.82) is 0 Å². The van der Waals surface area contributed by atoms with Gasteiger partial charge < -0.3 is 9.84 Å². The van der Waals surface area contributed by atoms with Gasteiger partial charge in [0, 0.05) is 11.6 Å². The van der Waals surface area contributed by atoms with Gasteiger partial charge in [0.15, 0.2) is 0 Å². The summed E-state index contributed by atoms with van der Waals surface area (Å²) in [6.45, 7) is 11.1. The Labute approximate surface area is 205 Å². The summed E-state index contributed by atoms with van der Waals surface area (Å²) in [5, 5.41) is 7.13. The maximum atomic E-state index is 12.6. The Balaban J connectivity index is 1.82. The number of hydrogen-bond acceptors (Lipinski definition) is 5. The summed E-state index contributed by atoms with van der Waals surface area (Å²) in [5.74, 6) is 1.94. The first kappa shape index (κ1) is 27.7. The maximum absolute atomic E-state index is 12.6. The molecule has 2 rings (SSSR count). The minimum absolute atomic E-state index is 0.157. The van der Waals surface area contributed by atoms with Crippen molar-refractivity contribution in [3.63, 3.8) is 0 Å². The summed E-state index contributed by atoms with van der Waals surface area (Å²) < 4.78 is 5.23. The number of aryl methyl sites for hydroxylation is 1. The highest BCUT2D eigenvalue weighted by Gasteiger charge is 2.15. The van der Waals surface area contributed by atoms with Crippen molar-refractivity contribution in [2.24, 2.45) is 11.8 Å². The molecule has 3 atom stereocenters. The van der Waals surface area contributed by atoms with Crippen molar-refractivity contribution in [2.45, 2.75) is 105 Å². The number of amides is 2. The number of anilines is 1. The number of nitrogens with zero attached hydrogens (tertiary/aromatic N) is 2. The average Bonchev–Trinajstić information content (AvgIpc) is 3.28. The second-order valence-corrected chi connectivity index (χ2v) is 9.86. The van der Waals surface area contributed by atoms with Gasteiger partial charge in [-0.2, -0.15) is 4.98 Å². The minimum Gasteiger partial charge on any atom is -0.334 e. The van der Waals surface area contributed by atoms with Crippen molar-refractivity contribution in [2.75, 3.05) is 5.43 Å². The molecule has 0 radical (unpaired) electrons. The molecular formula is C27H45N5O2. The van der Waals surface area contributed by atoms with Crippen molar-refractivity contribution in [3.8, 4) is 11.4 Å². The zero-order valence-corrected chi connectivity index (χ0v) is 21.8. The van der Waals surface area contributed by atoms with E-state index >= 15 is 0 Å². The molecule has 0 fully saturated rings. The van der Waals surface area contributed by atoms with E-state index in [2.05, 4.69) is 54.0 Å². The van der Waals surface area contributed by atoms with Crippen LogP contribution in [0.1, 0.15) is 97.5 Å². The van der Waals surface area contributed by atoms with Gasteiger partial charge in [-0.1, -0.05) is 102 Å². The van der Waals surface area contributed by atoms with E-state index < -0.39 is 0 Å². The molecule has 0 saturated heterocycles. The van der Waals surface area contributed by atoms with Crippen LogP contribution in [-0.2, 0) is 0 Å². The minimum atomic E-state index is -0.275. The van der Waals surface area contributed by atoms with Gasteiger partial charge in [-0.05, 0) is 44.1 Å². The number of rotatable bonds is 16. The lowest BCUT2D eigenvalue weighted by Crippen LogP contribution is -2.44. The lowest BCUT2D eigenvalue weighted by atomic mass is 9.93. The Morgan fingerprint density at radius 3 is 2.38 bits per heavy atom.